The Morgan fingerprint density at radius 3 is 2.74 bits per heavy atom. The van der Waals surface area contributed by atoms with E-state index in [-0.39, 0.29) is 4.90 Å². The maximum atomic E-state index is 12.1. The summed E-state index contributed by atoms with van der Waals surface area (Å²) in [5.74, 6) is 1.45. The molecule has 0 aliphatic heterocycles. The second-order valence-electron chi connectivity index (χ2n) is 4.78. The number of ether oxygens (including phenoxy) is 1. The molecule has 1 aliphatic carbocycles. The Kier molecular flexibility index (Phi) is 4.86. The molecule has 1 aromatic carbocycles. The Bertz CT molecular complexity index is 541. The van der Waals surface area contributed by atoms with Crippen LogP contribution >= 0.6 is 15.9 Å². The molecule has 1 aliphatic rings. The normalized spacial score (nSPS) is 15.5. The summed E-state index contributed by atoms with van der Waals surface area (Å²) in [7, 11) is -1.87. The van der Waals surface area contributed by atoms with Gasteiger partial charge in [-0.1, -0.05) is 12.8 Å². The number of nitrogens with one attached hydrogen (secondary N) is 1. The van der Waals surface area contributed by atoms with Crippen LogP contribution in [0, 0.1) is 5.92 Å². The van der Waals surface area contributed by atoms with Crippen molar-refractivity contribution in [1.82, 2.24) is 4.72 Å². The zero-order valence-electron chi connectivity index (χ0n) is 10.9. The van der Waals surface area contributed by atoms with Gasteiger partial charge in [-0.25, -0.2) is 13.1 Å². The van der Waals surface area contributed by atoms with E-state index in [4.69, 9.17) is 4.74 Å². The summed E-state index contributed by atoms with van der Waals surface area (Å²) >= 11 is 3.29. The van der Waals surface area contributed by atoms with Gasteiger partial charge in [0.1, 0.15) is 5.75 Å². The van der Waals surface area contributed by atoms with E-state index in [9.17, 15) is 8.42 Å². The van der Waals surface area contributed by atoms with Crippen LogP contribution in [0.4, 0.5) is 0 Å². The molecule has 2 rings (SSSR count). The van der Waals surface area contributed by atoms with Crippen LogP contribution in [0.2, 0.25) is 0 Å². The van der Waals surface area contributed by atoms with Crippen molar-refractivity contribution in [3.05, 3.63) is 22.7 Å². The lowest BCUT2D eigenvalue weighted by Gasteiger charge is -2.09. The van der Waals surface area contributed by atoms with Crippen LogP contribution in [-0.2, 0) is 10.0 Å². The predicted molar refractivity (Wildman–Crippen MR) is 77.8 cm³/mol. The predicted octanol–water partition coefficient (Wildman–Crippen LogP) is 2.93. The highest BCUT2D eigenvalue weighted by atomic mass is 79.9. The van der Waals surface area contributed by atoms with Crippen molar-refractivity contribution >= 4 is 26.0 Å². The smallest absolute Gasteiger partial charge is 0.240 e. The van der Waals surface area contributed by atoms with Crippen LogP contribution in [0.15, 0.2) is 27.6 Å². The summed E-state index contributed by atoms with van der Waals surface area (Å²) in [5.41, 5.74) is 0. The number of sulfonamides is 1. The fraction of sp³-hybridized carbons (Fsp3) is 0.538. The SMILES string of the molecule is COc1ccc(S(=O)(=O)NCCCC2CC2)cc1Br. The zero-order valence-corrected chi connectivity index (χ0v) is 13.3. The van der Waals surface area contributed by atoms with Crippen molar-refractivity contribution in [3.8, 4) is 5.75 Å². The van der Waals surface area contributed by atoms with Crippen LogP contribution in [0.1, 0.15) is 25.7 Å². The summed E-state index contributed by atoms with van der Waals surface area (Å²) in [6.07, 6.45) is 4.63. The highest BCUT2D eigenvalue weighted by molar-refractivity contribution is 9.10. The number of hydrogen-bond donors (Lipinski definition) is 1. The summed E-state index contributed by atoms with van der Waals surface area (Å²) in [6.45, 7) is 0.502. The Morgan fingerprint density at radius 1 is 1.42 bits per heavy atom. The van der Waals surface area contributed by atoms with Gasteiger partial charge in [0.2, 0.25) is 10.0 Å². The van der Waals surface area contributed by atoms with Crippen LogP contribution in [0.3, 0.4) is 0 Å². The number of rotatable bonds is 7. The molecule has 0 atom stereocenters. The van der Waals surface area contributed by atoms with E-state index in [0.717, 1.165) is 18.8 Å². The molecule has 0 spiro atoms. The fourth-order valence-electron chi connectivity index (χ4n) is 1.90. The van der Waals surface area contributed by atoms with Gasteiger partial charge >= 0.3 is 0 Å². The molecule has 6 heteroatoms. The van der Waals surface area contributed by atoms with Gasteiger partial charge in [-0.3, -0.25) is 0 Å². The molecule has 1 N–H and O–H groups in total. The summed E-state index contributed by atoms with van der Waals surface area (Å²) in [4.78, 5) is 0.256. The van der Waals surface area contributed by atoms with Gasteiger partial charge in [-0.15, -0.1) is 0 Å². The summed E-state index contributed by atoms with van der Waals surface area (Å²) in [5, 5.41) is 0. The van der Waals surface area contributed by atoms with Crippen LogP contribution in [-0.4, -0.2) is 22.1 Å². The number of halogens is 1. The topological polar surface area (TPSA) is 55.4 Å². The first-order valence-corrected chi connectivity index (χ1v) is 8.64. The highest BCUT2D eigenvalue weighted by Gasteiger charge is 2.21. The van der Waals surface area contributed by atoms with Gasteiger partial charge in [-0.2, -0.15) is 0 Å². The molecule has 0 heterocycles. The minimum Gasteiger partial charge on any atom is -0.496 e. The molecule has 0 aromatic heterocycles. The standard InChI is InChI=1S/C13H18BrNO3S/c1-18-13-7-6-11(9-12(13)14)19(16,17)15-8-2-3-10-4-5-10/h6-7,9-10,15H,2-5,8H2,1H3. The molecular weight excluding hydrogens is 330 g/mol. The van der Waals surface area contributed by atoms with Gasteiger partial charge < -0.3 is 4.74 Å². The first-order chi connectivity index (χ1) is 9.03. The molecule has 0 bridgehead atoms. The average molecular weight is 348 g/mol. The third-order valence-electron chi connectivity index (χ3n) is 3.21. The quantitative estimate of drug-likeness (QED) is 0.771. The van der Waals surface area contributed by atoms with Crippen molar-refractivity contribution in [2.24, 2.45) is 5.92 Å². The van der Waals surface area contributed by atoms with Gasteiger partial charge in [0.25, 0.3) is 0 Å². The van der Waals surface area contributed by atoms with Crippen LogP contribution in [0.5, 0.6) is 5.75 Å². The molecule has 0 saturated heterocycles. The van der Waals surface area contributed by atoms with Crippen molar-refractivity contribution in [3.63, 3.8) is 0 Å². The summed E-state index contributed by atoms with van der Waals surface area (Å²) in [6, 6.07) is 4.75. The monoisotopic (exact) mass is 347 g/mol. The Hall–Kier alpha value is -0.590. The van der Waals surface area contributed by atoms with E-state index < -0.39 is 10.0 Å². The van der Waals surface area contributed by atoms with E-state index in [1.807, 2.05) is 0 Å². The van der Waals surface area contributed by atoms with Crippen molar-refractivity contribution in [2.45, 2.75) is 30.6 Å². The zero-order chi connectivity index (χ0) is 13.9. The van der Waals surface area contributed by atoms with Gasteiger partial charge in [0.05, 0.1) is 16.5 Å². The van der Waals surface area contributed by atoms with E-state index in [1.54, 1.807) is 25.3 Å². The molecule has 106 valence electrons. The fourth-order valence-corrected chi connectivity index (χ4v) is 3.69. The molecule has 0 radical (unpaired) electrons. The van der Waals surface area contributed by atoms with E-state index in [0.29, 0.717) is 16.8 Å². The lowest BCUT2D eigenvalue weighted by atomic mass is 10.2. The molecule has 19 heavy (non-hydrogen) atoms. The second kappa shape index (κ2) is 6.24. The molecule has 1 fully saturated rings. The van der Waals surface area contributed by atoms with Gasteiger partial charge in [0.15, 0.2) is 0 Å². The van der Waals surface area contributed by atoms with Gasteiger partial charge in [0, 0.05) is 6.54 Å². The lowest BCUT2D eigenvalue weighted by Crippen LogP contribution is -2.24. The van der Waals surface area contributed by atoms with E-state index >= 15 is 0 Å². The maximum Gasteiger partial charge on any atom is 0.240 e. The number of benzene rings is 1. The summed E-state index contributed by atoms with van der Waals surface area (Å²) < 4.78 is 32.5. The van der Waals surface area contributed by atoms with Crippen molar-refractivity contribution < 1.29 is 13.2 Å². The molecule has 1 saturated carbocycles. The largest absolute Gasteiger partial charge is 0.496 e. The molecule has 0 amide bonds. The minimum atomic E-state index is -3.42. The maximum absolute atomic E-state index is 12.1. The first kappa shape index (κ1) is 14.8. The number of hydrogen-bond acceptors (Lipinski definition) is 3. The minimum absolute atomic E-state index is 0.256. The van der Waals surface area contributed by atoms with Crippen LogP contribution in [0.25, 0.3) is 0 Å². The molecular formula is C13H18BrNO3S. The molecule has 4 nitrogen and oxygen atoms in total. The van der Waals surface area contributed by atoms with Crippen molar-refractivity contribution in [1.29, 1.82) is 0 Å². The average Bonchev–Trinajstić information content (AvgIpc) is 3.18. The third kappa shape index (κ3) is 4.19. The third-order valence-corrected chi connectivity index (χ3v) is 5.29. The van der Waals surface area contributed by atoms with Gasteiger partial charge in [-0.05, 0) is 52.9 Å². The Morgan fingerprint density at radius 2 is 2.16 bits per heavy atom. The second-order valence-corrected chi connectivity index (χ2v) is 7.40. The van der Waals surface area contributed by atoms with E-state index in [1.165, 1.54) is 12.8 Å². The Balaban J connectivity index is 1.95. The molecule has 1 aromatic rings. The van der Waals surface area contributed by atoms with Crippen molar-refractivity contribution in [2.75, 3.05) is 13.7 Å². The highest BCUT2D eigenvalue weighted by Crippen LogP contribution is 2.33. The molecule has 0 unspecified atom stereocenters. The lowest BCUT2D eigenvalue weighted by molar-refractivity contribution is 0.411. The van der Waals surface area contributed by atoms with E-state index in [2.05, 4.69) is 20.7 Å². The Labute approximate surface area is 122 Å². The van der Waals surface area contributed by atoms with Crippen LogP contribution < -0.4 is 9.46 Å². The first-order valence-electron chi connectivity index (χ1n) is 6.36. The number of methoxy groups -OCH3 is 1.